The Balaban J connectivity index is 2.28. The maximum Gasteiger partial charge on any atom is 0.127 e. The van der Waals surface area contributed by atoms with Crippen LogP contribution < -0.4 is 5.73 Å². The van der Waals surface area contributed by atoms with Gasteiger partial charge in [-0.15, -0.1) is 0 Å². The summed E-state index contributed by atoms with van der Waals surface area (Å²) in [7, 11) is 1.95. The molecule has 2 unspecified atom stereocenters. The Morgan fingerprint density at radius 1 is 1.19 bits per heavy atom. The topological polar surface area (TPSA) is 29.3 Å². The molecule has 2 N–H and O–H groups in total. The highest BCUT2D eigenvalue weighted by atomic mass is 35.5. The van der Waals surface area contributed by atoms with E-state index in [4.69, 9.17) is 17.3 Å². The van der Waals surface area contributed by atoms with Crippen LogP contribution in [-0.4, -0.2) is 18.5 Å². The Morgan fingerprint density at radius 3 is 2.52 bits per heavy atom. The average Bonchev–Trinajstić information content (AvgIpc) is 2.48. The fraction of sp³-hybridized carbons (Fsp3) is 0.294. The van der Waals surface area contributed by atoms with Gasteiger partial charge in [-0.1, -0.05) is 41.9 Å². The molecule has 0 bridgehead atoms. The van der Waals surface area contributed by atoms with Crippen molar-refractivity contribution < 1.29 is 4.39 Å². The van der Waals surface area contributed by atoms with Crippen molar-refractivity contribution in [3.8, 4) is 0 Å². The Hall–Kier alpha value is -1.42. The van der Waals surface area contributed by atoms with Gasteiger partial charge in [0, 0.05) is 29.2 Å². The van der Waals surface area contributed by atoms with E-state index in [2.05, 4.69) is 4.90 Å². The van der Waals surface area contributed by atoms with Crippen molar-refractivity contribution >= 4 is 11.6 Å². The first kappa shape index (κ1) is 16.0. The number of hydrogen-bond acceptors (Lipinski definition) is 2. The minimum atomic E-state index is -0.196. The molecule has 112 valence electrons. The van der Waals surface area contributed by atoms with E-state index >= 15 is 0 Å². The number of halogens is 2. The molecule has 0 amide bonds. The number of rotatable bonds is 5. The molecule has 2 aromatic carbocycles. The third-order valence-corrected chi connectivity index (χ3v) is 4.15. The summed E-state index contributed by atoms with van der Waals surface area (Å²) in [6, 6.07) is 14.4. The number of nitrogens with zero attached hydrogens (tertiary/aromatic N) is 1. The number of benzene rings is 2. The van der Waals surface area contributed by atoms with Crippen molar-refractivity contribution in [1.82, 2.24) is 4.90 Å². The lowest BCUT2D eigenvalue weighted by molar-refractivity contribution is 0.187. The second-order valence-corrected chi connectivity index (χ2v) is 5.61. The summed E-state index contributed by atoms with van der Waals surface area (Å²) in [5.74, 6) is -0.196. The van der Waals surface area contributed by atoms with E-state index in [1.807, 2.05) is 50.4 Å². The van der Waals surface area contributed by atoms with Crippen LogP contribution in [0.25, 0.3) is 0 Å². The highest BCUT2D eigenvalue weighted by Crippen LogP contribution is 2.30. The van der Waals surface area contributed by atoms with Crippen molar-refractivity contribution in [3.63, 3.8) is 0 Å². The third kappa shape index (κ3) is 3.62. The van der Waals surface area contributed by atoms with Crippen LogP contribution in [-0.2, 0) is 0 Å². The molecular formula is C17H20ClFN2. The van der Waals surface area contributed by atoms with Gasteiger partial charge in [-0.2, -0.15) is 0 Å². The Bertz CT molecular complexity index is 603. The maximum absolute atomic E-state index is 14.0. The van der Waals surface area contributed by atoms with E-state index in [-0.39, 0.29) is 17.9 Å². The quantitative estimate of drug-likeness (QED) is 0.898. The van der Waals surface area contributed by atoms with Gasteiger partial charge < -0.3 is 5.73 Å². The summed E-state index contributed by atoms with van der Waals surface area (Å²) in [5.41, 5.74) is 7.64. The summed E-state index contributed by atoms with van der Waals surface area (Å²) < 4.78 is 14.0. The largest absolute Gasteiger partial charge is 0.329 e. The van der Waals surface area contributed by atoms with Crippen LogP contribution >= 0.6 is 11.6 Å². The van der Waals surface area contributed by atoms with E-state index < -0.39 is 0 Å². The van der Waals surface area contributed by atoms with Crippen LogP contribution in [0.4, 0.5) is 4.39 Å². The van der Waals surface area contributed by atoms with Crippen LogP contribution in [0.5, 0.6) is 0 Å². The van der Waals surface area contributed by atoms with Crippen LogP contribution in [0.1, 0.15) is 30.1 Å². The Morgan fingerprint density at radius 2 is 1.90 bits per heavy atom. The van der Waals surface area contributed by atoms with Gasteiger partial charge in [0.1, 0.15) is 5.82 Å². The molecule has 2 atom stereocenters. The van der Waals surface area contributed by atoms with E-state index in [1.54, 1.807) is 6.07 Å². The van der Waals surface area contributed by atoms with Crippen LogP contribution in [0.3, 0.4) is 0 Å². The summed E-state index contributed by atoms with van der Waals surface area (Å²) in [5, 5.41) is 0.679. The highest BCUT2D eigenvalue weighted by Gasteiger charge is 2.23. The second kappa shape index (κ2) is 7.03. The van der Waals surface area contributed by atoms with Crippen molar-refractivity contribution in [2.24, 2.45) is 5.73 Å². The van der Waals surface area contributed by atoms with Gasteiger partial charge in [0.15, 0.2) is 0 Å². The van der Waals surface area contributed by atoms with E-state index in [0.29, 0.717) is 17.1 Å². The molecule has 0 radical (unpaired) electrons. The zero-order chi connectivity index (χ0) is 15.4. The summed E-state index contributed by atoms with van der Waals surface area (Å²) in [6.45, 7) is 2.42. The predicted molar refractivity (Wildman–Crippen MR) is 85.8 cm³/mol. The van der Waals surface area contributed by atoms with Crippen molar-refractivity contribution in [3.05, 3.63) is 70.5 Å². The van der Waals surface area contributed by atoms with Crippen molar-refractivity contribution in [2.45, 2.75) is 19.0 Å². The Labute approximate surface area is 130 Å². The molecule has 0 saturated heterocycles. The third-order valence-electron chi connectivity index (χ3n) is 3.91. The molecule has 4 heteroatoms. The van der Waals surface area contributed by atoms with Gasteiger partial charge in [-0.25, -0.2) is 4.39 Å². The zero-order valence-electron chi connectivity index (χ0n) is 12.3. The van der Waals surface area contributed by atoms with E-state index in [9.17, 15) is 4.39 Å². The molecule has 21 heavy (non-hydrogen) atoms. The molecule has 2 rings (SSSR count). The minimum Gasteiger partial charge on any atom is -0.329 e. The molecule has 0 aliphatic carbocycles. The first-order valence-corrected chi connectivity index (χ1v) is 7.34. The molecule has 0 aliphatic heterocycles. The Kier molecular flexibility index (Phi) is 5.34. The highest BCUT2D eigenvalue weighted by molar-refractivity contribution is 6.30. The lowest BCUT2D eigenvalue weighted by atomic mass is 10.0. The van der Waals surface area contributed by atoms with Crippen LogP contribution in [0.2, 0.25) is 5.02 Å². The average molecular weight is 307 g/mol. The first-order valence-electron chi connectivity index (χ1n) is 6.96. The fourth-order valence-electron chi connectivity index (χ4n) is 2.55. The van der Waals surface area contributed by atoms with Crippen LogP contribution in [0, 0.1) is 5.82 Å². The maximum atomic E-state index is 14.0. The molecule has 0 saturated carbocycles. The SMILES string of the molecule is CC(c1ccccc1F)N(C)C(CN)c1cccc(Cl)c1. The molecule has 2 aromatic rings. The summed E-state index contributed by atoms with van der Waals surface area (Å²) in [4.78, 5) is 2.07. The molecule has 0 heterocycles. The second-order valence-electron chi connectivity index (χ2n) is 5.17. The predicted octanol–water partition coefficient (Wildman–Crippen LogP) is 4.17. The number of likely N-dealkylation sites (N-methyl/N-ethyl adjacent to an activating group) is 1. The molecule has 0 spiro atoms. The van der Waals surface area contributed by atoms with Gasteiger partial charge in [-0.3, -0.25) is 4.90 Å². The van der Waals surface area contributed by atoms with Gasteiger partial charge in [-0.05, 0) is 37.7 Å². The smallest absolute Gasteiger partial charge is 0.127 e. The van der Waals surface area contributed by atoms with E-state index in [0.717, 1.165) is 5.56 Å². The number of nitrogens with two attached hydrogens (primary N) is 1. The summed E-state index contributed by atoms with van der Waals surface area (Å²) in [6.07, 6.45) is 0. The normalized spacial score (nSPS) is 14.2. The molecule has 0 aliphatic rings. The van der Waals surface area contributed by atoms with Gasteiger partial charge in [0.25, 0.3) is 0 Å². The minimum absolute atomic E-state index is 0.0155. The van der Waals surface area contributed by atoms with E-state index in [1.165, 1.54) is 6.07 Å². The van der Waals surface area contributed by atoms with Crippen LogP contribution in [0.15, 0.2) is 48.5 Å². The number of hydrogen-bond donors (Lipinski definition) is 1. The van der Waals surface area contributed by atoms with Gasteiger partial charge >= 0.3 is 0 Å². The first-order chi connectivity index (χ1) is 10.0. The zero-order valence-corrected chi connectivity index (χ0v) is 13.0. The molecular weight excluding hydrogens is 287 g/mol. The van der Waals surface area contributed by atoms with Crippen molar-refractivity contribution in [2.75, 3.05) is 13.6 Å². The lowest BCUT2D eigenvalue weighted by Crippen LogP contribution is -2.33. The lowest BCUT2D eigenvalue weighted by Gasteiger charge is -2.33. The van der Waals surface area contributed by atoms with Gasteiger partial charge in [0.2, 0.25) is 0 Å². The fourth-order valence-corrected chi connectivity index (χ4v) is 2.75. The standard InChI is InChI=1S/C17H20ClFN2/c1-12(15-8-3-4-9-16(15)19)21(2)17(11-20)13-6-5-7-14(18)10-13/h3-10,12,17H,11,20H2,1-2H3. The molecule has 0 aromatic heterocycles. The van der Waals surface area contributed by atoms with Crippen molar-refractivity contribution in [1.29, 1.82) is 0 Å². The summed E-state index contributed by atoms with van der Waals surface area (Å²) >= 11 is 6.05. The monoisotopic (exact) mass is 306 g/mol. The molecule has 2 nitrogen and oxygen atoms in total. The van der Waals surface area contributed by atoms with Gasteiger partial charge in [0.05, 0.1) is 0 Å². The molecule has 0 fully saturated rings.